The molecule has 3 nitrogen and oxygen atoms in total. The third-order valence-corrected chi connectivity index (χ3v) is 4.82. The van der Waals surface area contributed by atoms with Crippen molar-refractivity contribution < 1.29 is 9.90 Å². The summed E-state index contributed by atoms with van der Waals surface area (Å²) in [5, 5.41) is 15.0. The summed E-state index contributed by atoms with van der Waals surface area (Å²) in [6, 6.07) is 11.8. The van der Waals surface area contributed by atoms with E-state index in [1.165, 1.54) is 11.3 Å². The van der Waals surface area contributed by atoms with E-state index in [9.17, 15) is 9.90 Å². The molecule has 1 amide bonds. The first-order valence-corrected chi connectivity index (χ1v) is 7.78. The predicted molar refractivity (Wildman–Crippen MR) is 87.6 cm³/mol. The molecule has 0 aliphatic rings. The largest absolute Gasteiger partial charge is 0.388 e. The molecule has 0 aliphatic heterocycles. The van der Waals surface area contributed by atoms with Gasteiger partial charge in [0, 0.05) is 5.56 Å². The number of carbonyl (C=O) groups excluding carboxylic acids is 1. The number of carbonyl (C=O) groups is 1. The zero-order chi connectivity index (χ0) is 15.7. The molecule has 0 fully saturated rings. The zero-order valence-electron chi connectivity index (χ0n) is 12.8. The van der Waals surface area contributed by atoms with Crippen molar-refractivity contribution in [3.05, 3.63) is 46.7 Å². The lowest BCUT2D eigenvalue weighted by Crippen LogP contribution is -2.57. The Bertz CT molecular complexity index is 624. The molecule has 0 saturated heterocycles. The van der Waals surface area contributed by atoms with Crippen LogP contribution in [-0.2, 0) is 0 Å². The standard InChI is InChI=1S/C17H21NO2S/c1-16(2,17(3,4)20)18-15(19)14-13(10-11-21-14)12-8-6-5-7-9-12/h5-11,20H,1-4H3,(H,18,19). The van der Waals surface area contributed by atoms with E-state index in [0.29, 0.717) is 4.88 Å². The Balaban J connectivity index is 2.29. The van der Waals surface area contributed by atoms with Gasteiger partial charge in [-0.3, -0.25) is 4.79 Å². The van der Waals surface area contributed by atoms with Crippen LogP contribution in [0.2, 0.25) is 0 Å². The molecule has 0 atom stereocenters. The van der Waals surface area contributed by atoms with Gasteiger partial charge in [-0.15, -0.1) is 11.3 Å². The average Bonchev–Trinajstić information content (AvgIpc) is 2.87. The van der Waals surface area contributed by atoms with Gasteiger partial charge in [-0.05, 0) is 44.7 Å². The van der Waals surface area contributed by atoms with Gasteiger partial charge >= 0.3 is 0 Å². The molecule has 2 rings (SSSR count). The number of hydrogen-bond acceptors (Lipinski definition) is 3. The lowest BCUT2D eigenvalue weighted by Gasteiger charge is -2.37. The molecule has 21 heavy (non-hydrogen) atoms. The maximum absolute atomic E-state index is 12.6. The van der Waals surface area contributed by atoms with Crippen LogP contribution in [0.15, 0.2) is 41.8 Å². The Morgan fingerprint density at radius 1 is 1.10 bits per heavy atom. The number of aliphatic hydroxyl groups is 1. The highest BCUT2D eigenvalue weighted by Gasteiger charge is 2.37. The fourth-order valence-corrected chi connectivity index (χ4v) is 2.63. The van der Waals surface area contributed by atoms with Crippen LogP contribution < -0.4 is 5.32 Å². The summed E-state index contributed by atoms with van der Waals surface area (Å²) in [5.41, 5.74) is 0.212. The Hall–Kier alpha value is -1.65. The first-order chi connectivity index (χ1) is 9.72. The molecule has 1 aromatic carbocycles. The highest BCUT2D eigenvalue weighted by atomic mass is 32.1. The number of nitrogens with one attached hydrogen (secondary N) is 1. The molecule has 0 unspecified atom stereocenters. The SMILES string of the molecule is CC(C)(O)C(C)(C)NC(=O)c1sccc1-c1ccccc1. The van der Waals surface area contributed by atoms with E-state index in [0.717, 1.165) is 11.1 Å². The van der Waals surface area contributed by atoms with Crippen molar-refractivity contribution in [3.63, 3.8) is 0 Å². The van der Waals surface area contributed by atoms with Gasteiger partial charge < -0.3 is 10.4 Å². The number of thiophene rings is 1. The van der Waals surface area contributed by atoms with Gasteiger partial charge in [0.25, 0.3) is 5.91 Å². The second-order valence-electron chi connectivity index (χ2n) is 6.17. The van der Waals surface area contributed by atoms with Gasteiger partial charge in [-0.1, -0.05) is 30.3 Å². The maximum Gasteiger partial charge on any atom is 0.262 e. The lowest BCUT2D eigenvalue weighted by atomic mass is 9.86. The summed E-state index contributed by atoms with van der Waals surface area (Å²) in [7, 11) is 0. The van der Waals surface area contributed by atoms with Crippen LogP contribution in [0.3, 0.4) is 0 Å². The van der Waals surface area contributed by atoms with Crippen molar-refractivity contribution in [3.8, 4) is 11.1 Å². The molecule has 0 bridgehead atoms. The quantitative estimate of drug-likeness (QED) is 0.905. The number of rotatable bonds is 4. The van der Waals surface area contributed by atoms with Gasteiger partial charge in [0.15, 0.2) is 0 Å². The van der Waals surface area contributed by atoms with Crippen molar-refractivity contribution in [2.45, 2.75) is 38.8 Å². The van der Waals surface area contributed by atoms with E-state index >= 15 is 0 Å². The van der Waals surface area contributed by atoms with Crippen LogP contribution >= 0.6 is 11.3 Å². The van der Waals surface area contributed by atoms with E-state index in [2.05, 4.69) is 5.32 Å². The zero-order valence-corrected chi connectivity index (χ0v) is 13.6. The Labute approximate surface area is 129 Å². The van der Waals surface area contributed by atoms with Gasteiger partial charge in [0.1, 0.15) is 0 Å². The first kappa shape index (κ1) is 15.7. The van der Waals surface area contributed by atoms with Crippen molar-refractivity contribution >= 4 is 17.2 Å². The monoisotopic (exact) mass is 303 g/mol. The molecule has 2 aromatic rings. The average molecular weight is 303 g/mol. The van der Waals surface area contributed by atoms with Crippen LogP contribution in [-0.4, -0.2) is 22.2 Å². The highest BCUT2D eigenvalue weighted by molar-refractivity contribution is 7.12. The Morgan fingerprint density at radius 3 is 2.29 bits per heavy atom. The van der Waals surface area contributed by atoms with E-state index in [1.807, 2.05) is 55.6 Å². The summed E-state index contributed by atoms with van der Waals surface area (Å²) >= 11 is 1.41. The number of benzene rings is 1. The Kier molecular flexibility index (Phi) is 4.21. The summed E-state index contributed by atoms with van der Waals surface area (Å²) in [6.07, 6.45) is 0. The van der Waals surface area contributed by atoms with E-state index in [4.69, 9.17) is 0 Å². The molecule has 0 aliphatic carbocycles. The third kappa shape index (κ3) is 3.34. The van der Waals surface area contributed by atoms with Gasteiger partial charge in [-0.2, -0.15) is 0 Å². The summed E-state index contributed by atoms with van der Waals surface area (Å²) < 4.78 is 0. The minimum absolute atomic E-state index is 0.157. The second-order valence-corrected chi connectivity index (χ2v) is 7.08. The number of amides is 1. The molecule has 0 spiro atoms. The molecule has 1 heterocycles. The van der Waals surface area contributed by atoms with Crippen molar-refractivity contribution in [1.29, 1.82) is 0 Å². The highest BCUT2D eigenvalue weighted by Crippen LogP contribution is 2.29. The fourth-order valence-electron chi connectivity index (χ4n) is 1.82. The normalized spacial score (nSPS) is 12.2. The maximum atomic E-state index is 12.6. The van der Waals surface area contributed by atoms with Gasteiger partial charge in [0.2, 0.25) is 0 Å². The first-order valence-electron chi connectivity index (χ1n) is 6.90. The van der Waals surface area contributed by atoms with E-state index in [1.54, 1.807) is 13.8 Å². The molecule has 2 N–H and O–H groups in total. The summed E-state index contributed by atoms with van der Waals surface area (Å²) in [6.45, 7) is 7.03. The minimum atomic E-state index is -1.01. The molecular weight excluding hydrogens is 282 g/mol. The van der Waals surface area contributed by atoms with Crippen LogP contribution in [0.5, 0.6) is 0 Å². The number of hydrogen-bond donors (Lipinski definition) is 2. The van der Waals surface area contributed by atoms with Crippen molar-refractivity contribution in [2.24, 2.45) is 0 Å². The molecule has 0 radical (unpaired) electrons. The molecule has 0 saturated carbocycles. The lowest BCUT2D eigenvalue weighted by molar-refractivity contribution is -0.00283. The second kappa shape index (κ2) is 5.62. The van der Waals surface area contributed by atoms with Crippen molar-refractivity contribution in [2.75, 3.05) is 0 Å². The smallest absolute Gasteiger partial charge is 0.262 e. The topological polar surface area (TPSA) is 49.3 Å². The van der Waals surface area contributed by atoms with E-state index in [-0.39, 0.29) is 5.91 Å². The molecule has 1 aromatic heterocycles. The molecule has 112 valence electrons. The van der Waals surface area contributed by atoms with Crippen LogP contribution in [0.25, 0.3) is 11.1 Å². The fraction of sp³-hybridized carbons (Fsp3) is 0.353. The van der Waals surface area contributed by atoms with Gasteiger partial charge in [0.05, 0.1) is 16.0 Å². The van der Waals surface area contributed by atoms with Crippen LogP contribution in [0.1, 0.15) is 37.4 Å². The minimum Gasteiger partial charge on any atom is -0.388 e. The van der Waals surface area contributed by atoms with Crippen molar-refractivity contribution in [1.82, 2.24) is 5.32 Å². The van der Waals surface area contributed by atoms with Crippen LogP contribution in [0, 0.1) is 0 Å². The third-order valence-electron chi connectivity index (χ3n) is 3.91. The van der Waals surface area contributed by atoms with E-state index < -0.39 is 11.1 Å². The predicted octanol–water partition coefficient (Wildman–Crippen LogP) is 3.69. The van der Waals surface area contributed by atoms with Gasteiger partial charge in [-0.25, -0.2) is 0 Å². The van der Waals surface area contributed by atoms with Crippen LogP contribution in [0.4, 0.5) is 0 Å². The molecular formula is C17H21NO2S. The molecule has 4 heteroatoms. The summed E-state index contributed by atoms with van der Waals surface area (Å²) in [4.78, 5) is 13.2. The summed E-state index contributed by atoms with van der Waals surface area (Å²) in [5.74, 6) is -0.157. The Morgan fingerprint density at radius 2 is 1.71 bits per heavy atom.